The Balaban J connectivity index is 1.81. The highest BCUT2D eigenvalue weighted by molar-refractivity contribution is 7.14. The van der Waals surface area contributed by atoms with Crippen LogP contribution in [0.5, 0.6) is 0 Å². The Bertz CT molecular complexity index is 975. The lowest BCUT2D eigenvalue weighted by Gasteiger charge is -2.21. The number of amides is 1. The standard InChI is InChI=1S/C22H24N4O2S/c1-3-18-8-4-5-10-21(18)26(17(2)27)22-24-19(16-29-22)14-25(12-7-11-23)15-20-9-6-13-28-20/h4-6,8-10,13,16H,3,7,12,14-15H2,1-2H3. The van der Waals surface area contributed by atoms with Crippen LogP contribution in [0.3, 0.4) is 0 Å². The third kappa shape index (κ3) is 5.31. The molecule has 3 rings (SSSR count). The van der Waals surface area contributed by atoms with Gasteiger partial charge in [0.15, 0.2) is 5.13 Å². The molecule has 0 saturated heterocycles. The van der Waals surface area contributed by atoms with Gasteiger partial charge in [-0.15, -0.1) is 11.3 Å². The highest BCUT2D eigenvalue weighted by atomic mass is 32.1. The fourth-order valence-corrected chi connectivity index (χ4v) is 4.05. The molecule has 3 aromatic rings. The average Bonchev–Trinajstić information content (AvgIpc) is 3.39. The quantitative estimate of drug-likeness (QED) is 0.503. The molecule has 0 aliphatic rings. The number of carbonyl (C=O) groups excluding carboxylic acids is 1. The summed E-state index contributed by atoms with van der Waals surface area (Å²) in [6.45, 7) is 5.45. The monoisotopic (exact) mass is 408 g/mol. The second-order valence-electron chi connectivity index (χ2n) is 6.66. The number of nitrogens with zero attached hydrogens (tertiary/aromatic N) is 4. The lowest BCUT2D eigenvalue weighted by Crippen LogP contribution is -2.25. The third-order valence-electron chi connectivity index (χ3n) is 4.54. The number of anilines is 2. The third-order valence-corrected chi connectivity index (χ3v) is 5.42. The molecular weight excluding hydrogens is 384 g/mol. The smallest absolute Gasteiger partial charge is 0.230 e. The second-order valence-corrected chi connectivity index (χ2v) is 7.49. The zero-order chi connectivity index (χ0) is 20.6. The van der Waals surface area contributed by atoms with Crippen LogP contribution < -0.4 is 4.90 Å². The average molecular weight is 409 g/mol. The maximum atomic E-state index is 12.4. The van der Waals surface area contributed by atoms with Gasteiger partial charge in [-0.05, 0) is 30.2 Å². The van der Waals surface area contributed by atoms with Crippen molar-refractivity contribution in [3.63, 3.8) is 0 Å². The molecule has 150 valence electrons. The van der Waals surface area contributed by atoms with E-state index in [1.807, 2.05) is 41.8 Å². The number of hydrogen-bond acceptors (Lipinski definition) is 6. The zero-order valence-corrected chi connectivity index (χ0v) is 17.5. The van der Waals surface area contributed by atoms with E-state index in [9.17, 15) is 4.79 Å². The van der Waals surface area contributed by atoms with Crippen LogP contribution in [0.25, 0.3) is 0 Å². The first-order valence-electron chi connectivity index (χ1n) is 9.57. The normalized spacial score (nSPS) is 10.8. The van der Waals surface area contributed by atoms with Gasteiger partial charge >= 0.3 is 0 Å². The Morgan fingerprint density at radius 2 is 2.07 bits per heavy atom. The Hall–Kier alpha value is -2.95. The Kier molecular flexibility index (Phi) is 7.17. The molecule has 0 radical (unpaired) electrons. The Labute approximate surface area is 175 Å². The first-order chi connectivity index (χ1) is 14.1. The zero-order valence-electron chi connectivity index (χ0n) is 16.7. The number of para-hydroxylation sites is 1. The highest BCUT2D eigenvalue weighted by Gasteiger charge is 2.21. The molecule has 2 aromatic heterocycles. The molecule has 7 heteroatoms. The maximum Gasteiger partial charge on any atom is 0.230 e. The lowest BCUT2D eigenvalue weighted by molar-refractivity contribution is -0.115. The summed E-state index contributed by atoms with van der Waals surface area (Å²) >= 11 is 1.45. The number of nitriles is 1. The molecule has 2 heterocycles. The predicted octanol–water partition coefficient (Wildman–Crippen LogP) is 4.90. The molecule has 0 spiro atoms. The van der Waals surface area contributed by atoms with Gasteiger partial charge in [-0.1, -0.05) is 25.1 Å². The van der Waals surface area contributed by atoms with Crippen LogP contribution in [0.1, 0.15) is 37.3 Å². The van der Waals surface area contributed by atoms with Crippen molar-refractivity contribution in [2.75, 3.05) is 11.4 Å². The summed E-state index contributed by atoms with van der Waals surface area (Å²) in [4.78, 5) is 21.0. The van der Waals surface area contributed by atoms with Gasteiger partial charge in [0.25, 0.3) is 0 Å². The summed E-state index contributed by atoms with van der Waals surface area (Å²) in [5, 5.41) is 11.6. The second kappa shape index (κ2) is 10.0. The molecule has 0 fully saturated rings. The largest absolute Gasteiger partial charge is 0.468 e. The number of benzene rings is 1. The fourth-order valence-electron chi connectivity index (χ4n) is 3.18. The van der Waals surface area contributed by atoms with E-state index < -0.39 is 0 Å². The molecule has 0 atom stereocenters. The van der Waals surface area contributed by atoms with Crippen molar-refractivity contribution < 1.29 is 9.21 Å². The minimum absolute atomic E-state index is 0.0660. The van der Waals surface area contributed by atoms with Crippen LogP contribution in [0.2, 0.25) is 0 Å². The van der Waals surface area contributed by atoms with E-state index in [1.54, 1.807) is 18.1 Å². The van der Waals surface area contributed by atoms with E-state index in [0.29, 0.717) is 31.2 Å². The lowest BCUT2D eigenvalue weighted by atomic mass is 10.1. The van der Waals surface area contributed by atoms with Crippen molar-refractivity contribution in [3.8, 4) is 6.07 Å². The minimum Gasteiger partial charge on any atom is -0.468 e. The Morgan fingerprint density at radius 1 is 1.24 bits per heavy atom. The molecule has 0 bridgehead atoms. The van der Waals surface area contributed by atoms with Crippen molar-refractivity contribution in [1.29, 1.82) is 5.26 Å². The first kappa shape index (κ1) is 20.8. The van der Waals surface area contributed by atoms with Crippen molar-refractivity contribution in [1.82, 2.24) is 9.88 Å². The summed E-state index contributed by atoms with van der Waals surface area (Å²) < 4.78 is 5.44. The summed E-state index contributed by atoms with van der Waals surface area (Å²) in [7, 11) is 0. The number of carbonyl (C=O) groups is 1. The van der Waals surface area contributed by atoms with Crippen molar-refractivity contribution in [2.45, 2.75) is 39.8 Å². The van der Waals surface area contributed by atoms with E-state index in [2.05, 4.69) is 17.9 Å². The molecule has 0 aliphatic heterocycles. The van der Waals surface area contributed by atoms with Gasteiger partial charge in [0, 0.05) is 31.8 Å². The predicted molar refractivity (Wildman–Crippen MR) is 114 cm³/mol. The summed E-state index contributed by atoms with van der Waals surface area (Å²) in [6.07, 6.45) is 2.92. The van der Waals surface area contributed by atoms with Gasteiger partial charge in [-0.25, -0.2) is 4.98 Å². The fraction of sp³-hybridized carbons (Fsp3) is 0.318. The van der Waals surface area contributed by atoms with E-state index in [0.717, 1.165) is 29.1 Å². The number of rotatable bonds is 9. The van der Waals surface area contributed by atoms with Crippen LogP contribution in [-0.4, -0.2) is 22.3 Å². The van der Waals surface area contributed by atoms with Gasteiger partial charge in [0.1, 0.15) is 5.76 Å². The van der Waals surface area contributed by atoms with Crippen molar-refractivity contribution in [2.24, 2.45) is 0 Å². The minimum atomic E-state index is -0.0660. The SMILES string of the molecule is CCc1ccccc1N(C(C)=O)c1nc(CN(CCC#N)Cc2ccco2)cs1. The molecule has 0 unspecified atom stereocenters. The maximum absolute atomic E-state index is 12.4. The number of thiazole rings is 1. The van der Waals surface area contributed by atoms with E-state index >= 15 is 0 Å². The molecule has 1 amide bonds. The van der Waals surface area contributed by atoms with Gasteiger partial charge in [0.2, 0.25) is 5.91 Å². The molecule has 0 saturated carbocycles. The molecule has 0 N–H and O–H groups in total. The van der Waals surface area contributed by atoms with Crippen LogP contribution in [-0.2, 0) is 24.3 Å². The van der Waals surface area contributed by atoms with Gasteiger partial charge in [-0.3, -0.25) is 14.6 Å². The van der Waals surface area contributed by atoms with Gasteiger partial charge < -0.3 is 4.42 Å². The van der Waals surface area contributed by atoms with Gasteiger partial charge in [-0.2, -0.15) is 5.26 Å². The van der Waals surface area contributed by atoms with E-state index in [1.165, 1.54) is 11.3 Å². The number of furan rings is 1. The number of hydrogen-bond donors (Lipinski definition) is 0. The topological polar surface area (TPSA) is 73.4 Å². The van der Waals surface area contributed by atoms with E-state index in [4.69, 9.17) is 14.7 Å². The van der Waals surface area contributed by atoms with E-state index in [-0.39, 0.29) is 5.91 Å². The molecule has 0 aliphatic carbocycles. The summed E-state index contributed by atoms with van der Waals surface area (Å²) in [5.41, 5.74) is 2.85. The molecule has 6 nitrogen and oxygen atoms in total. The van der Waals surface area contributed by atoms with Crippen LogP contribution in [0.15, 0.2) is 52.5 Å². The van der Waals surface area contributed by atoms with Crippen molar-refractivity contribution >= 4 is 28.1 Å². The number of aryl methyl sites for hydroxylation is 1. The first-order valence-corrected chi connectivity index (χ1v) is 10.4. The Morgan fingerprint density at radius 3 is 2.76 bits per heavy atom. The molecule has 1 aromatic carbocycles. The van der Waals surface area contributed by atoms with Crippen LogP contribution in [0, 0.1) is 11.3 Å². The van der Waals surface area contributed by atoms with Crippen LogP contribution in [0.4, 0.5) is 10.8 Å². The van der Waals surface area contributed by atoms with Crippen LogP contribution >= 0.6 is 11.3 Å². The molecule has 29 heavy (non-hydrogen) atoms. The van der Waals surface area contributed by atoms with Gasteiger partial charge in [0.05, 0.1) is 30.3 Å². The van der Waals surface area contributed by atoms with Crippen molar-refractivity contribution in [3.05, 3.63) is 65.1 Å². The summed E-state index contributed by atoms with van der Waals surface area (Å²) in [6, 6.07) is 13.9. The molecular formula is C22H24N4O2S. The number of aromatic nitrogens is 1. The highest BCUT2D eigenvalue weighted by Crippen LogP contribution is 2.32. The summed E-state index contributed by atoms with van der Waals surface area (Å²) in [5.74, 6) is 0.782.